The number of hydrogen-bond donors (Lipinski definition) is 2. The van der Waals surface area contributed by atoms with Crippen molar-refractivity contribution < 1.29 is 5.11 Å². The van der Waals surface area contributed by atoms with Crippen LogP contribution in [0.5, 0.6) is 5.75 Å². The van der Waals surface area contributed by atoms with Gasteiger partial charge in [-0.15, -0.1) is 0 Å². The standard InChI is InChI=1S/C19H20ClN3O/c20-13-9-10-15(16(24)12-13)18-19(21-14-6-2-1-3-7-14)23-11-5-4-8-17(23)22-18/h4-5,8-12,14,21,24H,1-3,6-7H2. The van der Waals surface area contributed by atoms with Gasteiger partial charge in [0.15, 0.2) is 0 Å². The number of imidazole rings is 1. The molecule has 1 aliphatic rings. The van der Waals surface area contributed by atoms with Crippen LogP contribution in [0.3, 0.4) is 0 Å². The first-order valence-corrected chi connectivity index (χ1v) is 8.83. The van der Waals surface area contributed by atoms with Gasteiger partial charge in [-0.1, -0.05) is 36.9 Å². The Morgan fingerprint density at radius 2 is 1.96 bits per heavy atom. The molecule has 5 heteroatoms. The number of nitrogens with one attached hydrogen (secondary N) is 1. The molecule has 24 heavy (non-hydrogen) atoms. The Bertz CT molecular complexity index is 868. The van der Waals surface area contributed by atoms with Crippen LogP contribution >= 0.6 is 11.6 Å². The number of pyridine rings is 1. The molecule has 4 nitrogen and oxygen atoms in total. The van der Waals surface area contributed by atoms with E-state index >= 15 is 0 Å². The SMILES string of the molecule is Oc1cc(Cl)ccc1-c1nc2ccccn2c1NC1CCCCC1. The molecular weight excluding hydrogens is 322 g/mol. The molecule has 0 radical (unpaired) electrons. The van der Waals surface area contributed by atoms with Gasteiger partial charge in [-0.2, -0.15) is 0 Å². The zero-order chi connectivity index (χ0) is 16.5. The van der Waals surface area contributed by atoms with Crippen molar-refractivity contribution in [2.75, 3.05) is 5.32 Å². The summed E-state index contributed by atoms with van der Waals surface area (Å²) in [4.78, 5) is 4.74. The van der Waals surface area contributed by atoms with E-state index in [1.54, 1.807) is 12.1 Å². The van der Waals surface area contributed by atoms with Crippen LogP contribution in [0, 0.1) is 0 Å². The lowest BCUT2D eigenvalue weighted by Crippen LogP contribution is -2.23. The van der Waals surface area contributed by atoms with Crippen LogP contribution in [0.25, 0.3) is 16.9 Å². The number of phenols is 1. The molecule has 4 rings (SSSR count). The number of fused-ring (bicyclic) bond motifs is 1. The van der Waals surface area contributed by atoms with Crippen molar-refractivity contribution in [1.82, 2.24) is 9.38 Å². The molecule has 1 aromatic carbocycles. The number of nitrogens with zero attached hydrogens (tertiary/aromatic N) is 2. The highest BCUT2D eigenvalue weighted by atomic mass is 35.5. The number of rotatable bonds is 3. The quantitative estimate of drug-likeness (QED) is 0.696. The summed E-state index contributed by atoms with van der Waals surface area (Å²) in [6.45, 7) is 0. The van der Waals surface area contributed by atoms with E-state index < -0.39 is 0 Å². The van der Waals surface area contributed by atoms with Gasteiger partial charge < -0.3 is 10.4 Å². The molecule has 1 saturated carbocycles. The van der Waals surface area contributed by atoms with Gasteiger partial charge >= 0.3 is 0 Å². The Labute approximate surface area is 146 Å². The van der Waals surface area contributed by atoms with Gasteiger partial charge in [-0.3, -0.25) is 4.40 Å². The average molecular weight is 342 g/mol. The van der Waals surface area contributed by atoms with Crippen molar-refractivity contribution >= 4 is 23.1 Å². The van der Waals surface area contributed by atoms with E-state index in [1.165, 1.54) is 32.1 Å². The summed E-state index contributed by atoms with van der Waals surface area (Å²) in [6.07, 6.45) is 8.18. The van der Waals surface area contributed by atoms with E-state index in [4.69, 9.17) is 16.6 Å². The van der Waals surface area contributed by atoms with E-state index in [2.05, 4.69) is 9.72 Å². The highest BCUT2D eigenvalue weighted by molar-refractivity contribution is 6.30. The number of hydrogen-bond acceptors (Lipinski definition) is 3. The van der Waals surface area contributed by atoms with Crippen molar-refractivity contribution in [3.63, 3.8) is 0 Å². The Kier molecular flexibility index (Phi) is 4.07. The molecule has 2 aromatic heterocycles. The van der Waals surface area contributed by atoms with E-state index in [0.29, 0.717) is 16.6 Å². The van der Waals surface area contributed by atoms with E-state index in [-0.39, 0.29) is 5.75 Å². The van der Waals surface area contributed by atoms with Crippen LogP contribution in [0.15, 0.2) is 42.6 Å². The number of halogens is 1. The third-order valence-corrected chi connectivity index (χ3v) is 4.93. The summed E-state index contributed by atoms with van der Waals surface area (Å²) in [5, 5.41) is 14.5. The summed E-state index contributed by atoms with van der Waals surface area (Å²) in [6, 6.07) is 11.6. The lowest BCUT2D eigenvalue weighted by molar-refractivity contribution is 0.461. The van der Waals surface area contributed by atoms with Crippen LogP contribution in [0.4, 0.5) is 5.82 Å². The van der Waals surface area contributed by atoms with Crippen LogP contribution in [-0.2, 0) is 0 Å². The predicted molar refractivity (Wildman–Crippen MR) is 97.8 cm³/mol. The molecule has 0 bridgehead atoms. The van der Waals surface area contributed by atoms with E-state index in [9.17, 15) is 5.11 Å². The topological polar surface area (TPSA) is 49.6 Å². The fourth-order valence-corrected chi connectivity index (χ4v) is 3.63. The number of aromatic hydroxyl groups is 1. The molecule has 2 heterocycles. The molecule has 2 N–H and O–H groups in total. The molecule has 1 fully saturated rings. The smallest absolute Gasteiger partial charge is 0.139 e. The highest BCUT2D eigenvalue weighted by Crippen LogP contribution is 2.37. The minimum atomic E-state index is 0.151. The van der Waals surface area contributed by atoms with Crippen molar-refractivity contribution in [3.8, 4) is 17.0 Å². The zero-order valence-corrected chi connectivity index (χ0v) is 14.1. The number of aromatic nitrogens is 2. The maximum atomic E-state index is 10.3. The maximum absolute atomic E-state index is 10.3. The molecule has 1 aliphatic carbocycles. The molecule has 0 spiro atoms. The van der Waals surface area contributed by atoms with Crippen LogP contribution in [0.2, 0.25) is 5.02 Å². The molecular formula is C19H20ClN3O. The molecule has 0 unspecified atom stereocenters. The minimum absolute atomic E-state index is 0.151. The lowest BCUT2D eigenvalue weighted by Gasteiger charge is -2.24. The van der Waals surface area contributed by atoms with Crippen molar-refractivity contribution in [2.24, 2.45) is 0 Å². The molecule has 0 saturated heterocycles. The Hall–Kier alpha value is -2.20. The maximum Gasteiger partial charge on any atom is 0.139 e. The van der Waals surface area contributed by atoms with Gasteiger partial charge in [0.05, 0.1) is 0 Å². The second-order valence-electron chi connectivity index (χ2n) is 6.38. The van der Waals surface area contributed by atoms with Crippen LogP contribution < -0.4 is 5.32 Å². The highest BCUT2D eigenvalue weighted by Gasteiger charge is 2.21. The van der Waals surface area contributed by atoms with Crippen molar-refractivity contribution in [3.05, 3.63) is 47.6 Å². The summed E-state index contributed by atoms with van der Waals surface area (Å²) >= 11 is 5.98. The summed E-state index contributed by atoms with van der Waals surface area (Å²) in [5.41, 5.74) is 2.32. The fraction of sp³-hybridized carbons (Fsp3) is 0.316. The normalized spacial score (nSPS) is 15.7. The first kappa shape index (κ1) is 15.3. The largest absolute Gasteiger partial charge is 0.507 e. The van der Waals surface area contributed by atoms with E-state index in [1.807, 2.05) is 30.5 Å². The van der Waals surface area contributed by atoms with E-state index in [0.717, 1.165) is 17.2 Å². The Morgan fingerprint density at radius 1 is 1.12 bits per heavy atom. The summed E-state index contributed by atoms with van der Waals surface area (Å²) in [7, 11) is 0. The Morgan fingerprint density at radius 3 is 2.75 bits per heavy atom. The third-order valence-electron chi connectivity index (χ3n) is 4.69. The second-order valence-corrected chi connectivity index (χ2v) is 6.82. The molecule has 3 aromatic rings. The average Bonchev–Trinajstić information content (AvgIpc) is 2.94. The third kappa shape index (κ3) is 2.82. The number of phenolic OH excluding ortho intramolecular Hbond substituents is 1. The van der Waals surface area contributed by atoms with Crippen LogP contribution in [0.1, 0.15) is 32.1 Å². The van der Waals surface area contributed by atoms with Gasteiger partial charge in [-0.25, -0.2) is 4.98 Å². The molecule has 124 valence electrons. The first-order chi connectivity index (χ1) is 11.7. The van der Waals surface area contributed by atoms with Crippen molar-refractivity contribution in [2.45, 2.75) is 38.1 Å². The molecule has 0 atom stereocenters. The van der Waals surface area contributed by atoms with Gasteiger partial charge in [0.25, 0.3) is 0 Å². The van der Waals surface area contributed by atoms with Crippen molar-refractivity contribution in [1.29, 1.82) is 0 Å². The van der Waals surface area contributed by atoms with Crippen LogP contribution in [-0.4, -0.2) is 20.5 Å². The lowest BCUT2D eigenvalue weighted by atomic mass is 9.95. The number of benzene rings is 1. The molecule has 0 amide bonds. The van der Waals surface area contributed by atoms with Gasteiger partial charge in [0.2, 0.25) is 0 Å². The first-order valence-electron chi connectivity index (χ1n) is 8.45. The van der Waals surface area contributed by atoms with Gasteiger partial charge in [-0.05, 0) is 43.2 Å². The second kappa shape index (κ2) is 6.36. The minimum Gasteiger partial charge on any atom is -0.507 e. The summed E-state index contributed by atoms with van der Waals surface area (Å²) in [5.74, 6) is 1.09. The van der Waals surface area contributed by atoms with Gasteiger partial charge in [0.1, 0.15) is 22.9 Å². The predicted octanol–water partition coefficient (Wildman–Crippen LogP) is 5.10. The fourth-order valence-electron chi connectivity index (χ4n) is 3.47. The zero-order valence-electron chi connectivity index (χ0n) is 13.4. The summed E-state index contributed by atoms with van der Waals surface area (Å²) < 4.78 is 2.05. The molecule has 0 aliphatic heterocycles. The monoisotopic (exact) mass is 341 g/mol. The Balaban J connectivity index is 1.83. The van der Waals surface area contributed by atoms with Gasteiger partial charge in [0, 0.05) is 22.8 Å². The number of anilines is 1.